The molecule has 0 aromatic carbocycles. The number of pyridine rings is 1. The Labute approximate surface area is 86.7 Å². The summed E-state index contributed by atoms with van der Waals surface area (Å²) in [7, 11) is 0. The van der Waals surface area contributed by atoms with Crippen LogP contribution in [-0.4, -0.2) is 23.3 Å². The van der Waals surface area contributed by atoms with Gasteiger partial charge in [-0.25, -0.2) is 0 Å². The standard InChI is InChI=1S/C9H12N4O2/c10-6-1-3-12-7(5-6)9(15)13-4-2-8(11)14/h1,3,5H,2,4H2,(H2,10,12)(H2,11,14)(H,13,15). The molecular weight excluding hydrogens is 196 g/mol. The van der Waals surface area contributed by atoms with Crippen molar-refractivity contribution in [1.82, 2.24) is 10.3 Å². The van der Waals surface area contributed by atoms with E-state index in [1.165, 1.54) is 12.3 Å². The van der Waals surface area contributed by atoms with Gasteiger partial charge in [0, 0.05) is 24.8 Å². The molecule has 15 heavy (non-hydrogen) atoms. The molecule has 5 N–H and O–H groups in total. The van der Waals surface area contributed by atoms with Crippen molar-refractivity contribution in [2.45, 2.75) is 6.42 Å². The molecule has 0 saturated carbocycles. The van der Waals surface area contributed by atoms with Crippen LogP contribution in [0, 0.1) is 0 Å². The van der Waals surface area contributed by atoms with Crippen molar-refractivity contribution in [2.24, 2.45) is 5.73 Å². The number of nitrogens with one attached hydrogen (secondary N) is 1. The minimum absolute atomic E-state index is 0.105. The smallest absolute Gasteiger partial charge is 0.269 e. The average molecular weight is 208 g/mol. The van der Waals surface area contributed by atoms with E-state index in [-0.39, 0.29) is 24.6 Å². The van der Waals surface area contributed by atoms with Gasteiger partial charge in [-0.3, -0.25) is 14.6 Å². The maximum atomic E-state index is 11.4. The predicted molar refractivity (Wildman–Crippen MR) is 54.8 cm³/mol. The van der Waals surface area contributed by atoms with Crippen molar-refractivity contribution in [2.75, 3.05) is 12.3 Å². The van der Waals surface area contributed by atoms with Crippen LogP contribution in [-0.2, 0) is 4.79 Å². The molecule has 0 bridgehead atoms. The Balaban J connectivity index is 2.50. The van der Waals surface area contributed by atoms with Crippen molar-refractivity contribution >= 4 is 17.5 Å². The summed E-state index contributed by atoms with van der Waals surface area (Å²) < 4.78 is 0. The second-order valence-electron chi connectivity index (χ2n) is 2.95. The van der Waals surface area contributed by atoms with Gasteiger partial charge in [-0.05, 0) is 12.1 Å². The van der Waals surface area contributed by atoms with Crippen LogP contribution in [0.25, 0.3) is 0 Å². The van der Waals surface area contributed by atoms with Gasteiger partial charge in [0.2, 0.25) is 5.91 Å². The Morgan fingerprint density at radius 1 is 1.47 bits per heavy atom. The van der Waals surface area contributed by atoms with Gasteiger partial charge in [-0.2, -0.15) is 0 Å². The fraction of sp³-hybridized carbons (Fsp3) is 0.222. The molecule has 0 fully saturated rings. The van der Waals surface area contributed by atoms with E-state index in [1.807, 2.05) is 0 Å². The lowest BCUT2D eigenvalue weighted by molar-refractivity contribution is -0.117. The summed E-state index contributed by atoms with van der Waals surface area (Å²) >= 11 is 0. The summed E-state index contributed by atoms with van der Waals surface area (Å²) in [5, 5.41) is 2.50. The van der Waals surface area contributed by atoms with Crippen molar-refractivity contribution < 1.29 is 9.59 Å². The number of amides is 2. The Bertz CT molecular complexity index is 378. The molecule has 0 unspecified atom stereocenters. The molecular formula is C9H12N4O2. The quantitative estimate of drug-likeness (QED) is 0.605. The van der Waals surface area contributed by atoms with Gasteiger partial charge >= 0.3 is 0 Å². The predicted octanol–water partition coefficient (Wildman–Crippen LogP) is -0.731. The van der Waals surface area contributed by atoms with Crippen LogP contribution in [0.1, 0.15) is 16.9 Å². The zero-order valence-corrected chi connectivity index (χ0v) is 8.06. The number of carbonyl (C=O) groups is 2. The molecule has 1 aromatic heterocycles. The van der Waals surface area contributed by atoms with Crippen molar-refractivity contribution in [3.8, 4) is 0 Å². The molecule has 0 aliphatic rings. The molecule has 1 rings (SSSR count). The molecule has 1 heterocycles. The Morgan fingerprint density at radius 2 is 2.20 bits per heavy atom. The van der Waals surface area contributed by atoms with E-state index >= 15 is 0 Å². The molecule has 6 heteroatoms. The number of rotatable bonds is 4. The normalized spacial score (nSPS) is 9.60. The molecule has 2 amide bonds. The molecule has 80 valence electrons. The zero-order valence-electron chi connectivity index (χ0n) is 8.06. The second-order valence-corrected chi connectivity index (χ2v) is 2.95. The Morgan fingerprint density at radius 3 is 2.80 bits per heavy atom. The van der Waals surface area contributed by atoms with Crippen LogP contribution in [0.3, 0.4) is 0 Å². The highest BCUT2D eigenvalue weighted by atomic mass is 16.2. The molecule has 6 nitrogen and oxygen atoms in total. The van der Waals surface area contributed by atoms with E-state index in [2.05, 4.69) is 10.3 Å². The molecule has 0 atom stereocenters. The van der Waals surface area contributed by atoms with E-state index < -0.39 is 5.91 Å². The third-order valence-electron chi connectivity index (χ3n) is 1.67. The Kier molecular flexibility index (Phi) is 3.61. The summed E-state index contributed by atoms with van der Waals surface area (Å²) in [6.07, 6.45) is 1.55. The lowest BCUT2D eigenvalue weighted by Crippen LogP contribution is -2.28. The van der Waals surface area contributed by atoms with Gasteiger partial charge in [-0.15, -0.1) is 0 Å². The van der Waals surface area contributed by atoms with Gasteiger partial charge in [0.25, 0.3) is 5.91 Å². The largest absolute Gasteiger partial charge is 0.399 e. The van der Waals surface area contributed by atoms with Gasteiger partial charge < -0.3 is 16.8 Å². The first-order valence-corrected chi connectivity index (χ1v) is 4.37. The van der Waals surface area contributed by atoms with Gasteiger partial charge in [0.15, 0.2) is 0 Å². The van der Waals surface area contributed by atoms with Crippen LogP contribution in [0.15, 0.2) is 18.3 Å². The summed E-state index contributed by atoms with van der Waals surface area (Å²) in [4.78, 5) is 25.6. The molecule has 0 radical (unpaired) electrons. The average Bonchev–Trinajstić information content (AvgIpc) is 2.17. The van der Waals surface area contributed by atoms with Crippen LogP contribution in [0.5, 0.6) is 0 Å². The van der Waals surface area contributed by atoms with Crippen molar-refractivity contribution in [1.29, 1.82) is 0 Å². The zero-order chi connectivity index (χ0) is 11.3. The highest BCUT2D eigenvalue weighted by Crippen LogP contribution is 2.02. The minimum Gasteiger partial charge on any atom is -0.399 e. The fourth-order valence-corrected chi connectivity index (χ4v) is 0.961. The maximum absolute atomic E-state index is 11.4. The highest BCUT2D eigenvalue weighted by molar-refractivity contribution is 5.93. The van der Waals surface area contributed by atoms with Gasteiger partial charge in [-0.1, -0.05) is 0 Å². The van der Waals surface area contributed by atoms with Crippen LogP contribution >= 0.6 is 0 Å². The number of aromatic nitrogens is 1. The number of nitrogen functional groups attached to an aromatic ring is 1. The van der Waals surface area contributed by atoms with E-state index in [0.717, 1.165) is 0 Å². The van der Waals surface area contributed by atoms with Crippen LogP contribution in [0.4, 0.5) is 5.69 Å². The van der Waals surface area contributed by atoms with E-state index in [0.29, 0.717) is 5.69 Å². The van der Waals surface area contributed by atoms with Crippen LogP contribution < -0.4 is 16.8 Å². The number of nitrogens with two attached hydrogens (primary N) is 2. The number of hydrogen-bond donors (Lipinski definition) is 3. The fourth-order valence-electron chi connectivity index (χ4n) is 0.961. The maximum Gasteiger partial charge on any atom is 0.269 e. The summed E-state index contributed by atoms with van der Waals surface area (Å²) in [6, 6.07) is 3.04. The first kappa shape index (κ1) is 11.0. The molecule has 1 aromatic rings. The Hall–Kier alpha value is -2.11. The minimum atomic E-state index is -0.462. The van der Waals surface area contributed by atoms with E-state index in [9.17, 15) is 9.59 Å². The lowest BCUT2D eigenvalue weighted by atomic mass is 10.3. The molecule has 0 saturated heterocycles. The summed E-state index contributed by atoms with van der Waals surface area (Å²) in [5.41, 5.74) is 11.1. The second kappa shape index (κ2) is 4.94. The van der Waals surface area contributed by atoms with E-state index in [4.69, 9.17) is 11.5 Å². The van der Waals surface area contributed by atoms with Gasteiger partial charge in [0.1, 0.15) is 5.69 Å². The first-order valence-electron chi connectivity index (χ1n) is 4.37. The number of anilines is 1. The van der Waals surface area contributed by atoms with Crippen molar-refractivity contribution in [3.05, 3.63) is 24.0 Å². The first-order chi connectivity index (χ1) is 7.09. The van der Waals surface area contributed by atoms with Crippen LogP contribution in [0.2, 0.25) is 0 Å². The molecule has 0 aliphatic heterocycles. The number of carbonyl (C=O) groups excluding carboxylic acids is 2. The number of hydrogen-bond acceptors (Lipinski definition) is 4. The van der Waals surface area contributed by atoms with Crippen molar-refractivity contribution in [3.63, 3.8) is 0 Å². The highest BCUT2D eigenvalue weighted by Gasteiger charge is 2.06. The lowest BCUT2D eigenvalue weighted by Gasteiger charge is -2.03. The third kappa shape index (κ3) is 3.63. The number of nitrogens with zero attached hydrogens (tertiary/aromatic N) is 1. The van der Waals surface area contributed by atoms with E-state index in [1.54, 1.807) is 6.07 Å². The third-order valence-corrected chi connectivity index (χ3v) is 1.67. The topological polar surface area (TPSA) is 111 Å². The monoisotopic (exact) mass is 208 g/mol. The van der Waals surface area contributed by atoms with Gasteiger partial charge in [0.05, 0.1) is 0 Å². The number of primary amides is 1. The molecule has 0 spiro atoms. The summed E-state index contributed by atoms with van der Waals surface area (Å²) in [6.45, 7) is 0.199. The summed E-state index contributed by atoms with van der Waals surface area (Å²) in [5.74, 6) is -0.834. The molecule has 0 aliphatic carbocycles. The SMILES string of the molecule is NC(=O)CCNC(=O)c1cc(N)ccn1.